The van der Waals surface area contributed by atoms with Crippen LogP contribution >= 0.6 is 0 Å². The summed E-state index contributed by atoms with van der Waals surface area (Å²) in [4.78, 5) is 11.1. The maximum Gasteiger partial charge on any atom is 0.573 e. The first-order valence-electron chi connectivity index (χ1n) is 7.13. The second-order valence-electron chi connectivity index (χ2n) is 5.03. The Morgan fingerprint density at radius 1 is 1.04 bits per heavy atom. The fourth-order valence-electron chi connectivity index (χ4n) is 1.96. The quantitative estimate of drug-likeness (QED) is 0.769. The lowest BCUT2D eigenvalue weighted by Crippen LogP contribution is -2.23. The summed E-state index contributed by atoms with van der Waals surface area (Å²) in [6.07, 6.45) is -4.85. The van der Waals surface area contributed by atoms with Gasteiger partial charge in [0.2, 0.25) is 10.0 Å². The molecule has 2 aromatic carbocycles. The first kappa shape index (κ1) is 19.7. The lowest BCUT2D eigenvalue weighted by molar-refractivity contribution is -0.274. The van der Waals surface area contributed by atoms with Crippen LogP contribution in [0.5, 0.6) is 5.75 Å². The number of hydrogen-bond acceptors (Lipinski definition) is 5. The van der Waals surface area contributed by atoms with Crippen molar-refractivity contribution in [1.29, 1.82) is 0 Å². The van der Waals surface area contributed by atoms with E-state index in [1.54, 1.807) is 12.1 Å². The van der Waals surface area contributed by atoms with Gasteiger partial charge in [0.25, 0.3) is 0 Å². The number of nitrogens with one attached hydrogen (secondary N) is 1. The first-order chi connectivity index (χ1) is 12.1. The summed E-state index contributed by atoms with van der Waals surface area (Å²) in [5, 5.41) is 0. The van der Waals surface area contributed by atoms with E-state index in [1.165, 1.54) is 19.2 Å². The van der Waals surface area contributed by atoms with Crippen LogP contribution in [0.1, 0.15) is 15.9 Å². The van der Waals surface area contributed by atoms with Crippen LogP contribution in [0.25, 0.3) is 0 Å². The number of hydrogen-bond donors (Lipinski definition) is 1. The number of carbonyl (C=O) groups excluding carboxylic acids is 1. The zero-order chi connectivity index (χ0) is 19.4. The first-order valence-corrected chi connectivity index (χ1v) is 8.62. The van der Waals surface area contributed by atoms with Crippen molar-refractivity contribution < 1.29 is 35.9 Å². The molecular weight excluding hydrogens is 375 g/mol. The Labute approximate surface area is 147 Å². The molecule has 2 aromatic rings. The van der Waals surface area contributed by atoms with Crippen molar-refractivity contribution in [2.75, 3.05) is 7.11 Å². The fourth-order valence-corrected chi connectivity index (χ4v) is 2.98. The van der Waals surface area contributed by atoms with E-state index in [0.717, 1.165) is 24.3 Å². The van der Waals surface area contributed by atoms with E-state index in [-0.39, 0.29) is 11.4 Å². The SMILES string of the molecule is COC(=O)c1ccc(CNS(=O)(=O)c2ccc(OC(F)(F)F)cc2)cc1. The van der Waals surface area contributed by atoms with Gasteiger partial charge in [-0.05, 0) is 42.0 Å². The number of ether oxygens (including phenoxy) is 2. The van der Waals surface area contributed by atoms with Crippen LogP contribution in [-0.4, -0.2) is 27.9 Å². The molecule has 26 heavy (non-hydrogen) atoms. The second kappa shape index (κ2) is 7.75. The van der Waals surface area contributed by atoms with Crippen molar-refractivity contribution >= 4 is 16.0 Å². The van der Waals surface area contributed by atoms with Gasteiger partial charge in [-0.25, -0.2) is 17.9 Å². The van der Waals surface area contributed by atoms with Gasteiger partial charge in [-0.3, -0.25) is 0 Å². The average Bonchev–Trinajstić information content (AvgIpc) is 2.59. The maximum atomic E-state index is 12.2. The Morgan fingerprint density at radius 3 is 2.12 bits per heavy atom. The molecule has 0 aliphatic heterocycles. The summed E-state index contributed by atoms with van der Waals surface area (Å²) >= 11 is 0. The van der Waals surface area contributed by atoms with Crippen LogP contribution in [0, 0.1) is 0 Å². The number of benzene rings is 2. The predicted molar refractivity (Wildman–Crippen MR) is 84.9 cm³/mol. The fraction of sp³-hybridized carbons (Fsp3) is 0.188. The molecule has 1 N–H and O–H groups in total. The van der Waals surface area contributed by atoms with Crippen LogP contribution in [0.4, 0.5) is 13.2 Å². The molecule has 0 saturated heterocycles. The minimum absolute atomic E-state index is 0.0649. The highest BCUT2D eigenvalue weighted by atomic mass is 32.2. The van der Waals surface area contributed by atoms with Crippen molar-refractivity contribution in [3.8, 4) is 5.75 Å². The normalized spacial score (nSPS) is 11.8. The molecule has 0 unspecified atom stereocenters. The molecule has 0 aromatic heterocycles. The number of alkyl halides is 3. The molecule has 6 nitrogen and oxygen atoms in total. The molecule has 0 heterocycles. The Bertz CT molecular complexity index is 862. The standard InChI is InChI=1S/C16H14F3NO5S/c1-24-15(21)12-4-2-11(3-5-12)10-20-26(22,23)14-8-6-13(7-9-14)25-16(17,18)19/h2-9,20H,10H2,1H3. The van der Waals surface area contributed by atoms with Crippen molar-refractivity contribution in [3.05, 3.63) is 59.7 Å². The molecule has 0 aliphatic rings. The van der Waals surface area contributed by atoms with Gasteiger partial charge in [0.15, 0.2) is 0 Å². The molecule has 0 bridgehead atoms. The molecule has 10 heteroatoms. The summed E-state index contributed by atoms with van der Waals surface area (Å²) in [6, 6.07) is 9.90. The van der Waals surface area contributed by atoms with E-state index in [2.05, 4.69) is 14.2 Å². The number of sulfonamides is 1. The van der Waals surface area contributed by atoms with Crippen LogP contribution in [0.3, 0.4) is 0 Å². The maximum absolute atomic E-state index is 12.2. The Kier molecular flexibility index (Phi) is 5.88. The molecular formula is C16H14F3NO5S. The molecule has 0 spiro atoms. The van der Waals surface area contributed by atoms with Gasteiger partial charge in [-0.15, -0.1) is 13.2 Å². The van der Waals surface area contributed by atoms with E-state index < -0.39 is 28.1 Å². The van der Waals surface area contributed by atoms with Crippen molar-refractivity contribution in [2.45, 2.75) is 17.8 Å². The Hall–Kier alpha value is -2.59. The van der Waals surface area contributed by atoms with Gasteiger partial charge in [0.05, 0.1) is 17.6 Å². The van der Waals surface area contributed by atoms with Crippen molar-refractivity contribution in [2.24, 2.45) is 0 Å². The van der Waals surface area contributed by atoms with Gasteiger partial charge in [0.1, 0.15) is 5.75 Å². The number of esters is 1. The highest BCUT2D eigenvalue weighted by Crippen LogP contribution is 2.23. The Balaban J connectivity index is 2.03. The Morgan fingerprint density at radius 2 is 1.62 bits per heavy atom. The van der Waals surface area contributed by atoms with Gasteiger partial charge in [-0.1, -0.05) is 12.1 Å². The highest BCUT2D eigenvalue weighted by Gasteiger charge is 2.31. The molecule has 0 radical (unpaired) electrons. The van der Waals surface area contributed by atoms with Crippen molar-refractivity contribution in [1.82, 2.24) is 4.72 Å². The van der Waals surface area contributed by atoms with E-state index >= 15 is 0 Å². The van der Waals surface area contributed by atoms with Gasteiger partial charge in [-0.2, -0.15) is 0 Å². The lowest BCUT2D eigenvalue weighted by Gasteiger charge is -2.10. The van der Waals surface area contributed by atoms with E-state index in [4.69, 9.17) is 0 Å². The van der Waals surface area contributed by atoms with E-state index in [9.17, 15) is 26.4 Å². The topological polar surface area (TPSA) is 81.7 Å². The molecule has 0 atom stereocenters. The second-order valence-corrected chi connectivity index (χ2v) is 6.80. The molecule has 0 saturated carbocycles. The van der Waals surface area contributed by atoms with Gasteiger partial charge >= 0.3 is 12.3 Å². The zero-order valence-corrected chi connectivity index (χ0v) is 14.2. The third-order valence-electron chi connectivity index (χ3n) is 3.21. The third kappa shape index (κ3) is 5.46. The van der Waals surface area contributed by atoms with Crippen LogP contribution in [0.15, 0.2) is 53.4 Å². The summed E-state index contributed by atoms with van der Waals surface area (Å²) < 4.78 is 71.2. The smallest absolute Gasteiger partial charge is 0.465 e. The number of halogens is 3. The summed E-state index contributed by atoms with van der Waals surface area (Å²) in [5.74, 6) is -1.03. The van der Waals surface area contributed by atoms with Crippen LogP contribution in [-0.2, 0) is 21.3 Å². The predicted octanol–water partition coefficient (Wildman–Crippen LogP) is 2.85. The number of methoxy groups -OCH3 is 1. The van der Waals surface area contributed by atoms with E-state index in [1.807, 2.05) is 0 Å². The third-order valence-corrected chi connectivity index (χ3v) is 4.63. The number of carbonyl (C=O) groups is 1. The number of rotatable bonds is 6. The monoisotopic (exact) mass is 389 g/mol. The summed E-state index contributed by atoms with van der Waals surface area (Å²) in [7, 11) is -2.68. The molecule has 140 valence electrons. The minimum Gasteiger partial charge on any atom is -0.465 e. The summed E-state index contributed by atoms with van der Waals surface area (Å²) in [5.41, 5.74) is 0.901. The van der Waals surface area contributed by atoms with Crippen molar-refractivity contribution in [3.63, 3.8) is 0 Å². The average molecular weight is 389 g/mol. The summed E-state index contributed by atoms with van der Waals surface area (Å²) in [6.45, 7) is -0.0649. The van der Waals surface area contributed by atoms with E-state index in [0.29, 0.717) is 11.1 Å². The lowest BCUT2D eigenvalue weighted by atomic mass is 10.1. The molecule has 0 aliphatic carbocycles. The van der Waals surface area contributed by atoms with Crippen LogP contribution in [0.2, 0.25) is 0 Å². The molecule has 0 fully saturated rings. The largest absolute Gasteiger partial charge is 0.573 e. The minimum atomic E-state index is -4.85. The molecule has 2 rings (SSSR count). The van der Waals surface area contributed by atoms with Crippen LogP contribution < -0.4 is 9.46 Å². The zero-order valence-electron chi connectivity index (χ0n) is 13.4. The van der Waals surface area contributed by atoms with Gasteiger partial charge in [0, 0.05) is 6.54 Å². The van der Waals surface area contributed by atoms with Gasteiger partial charge < -0.3 is 9.47 Å². The highest BCUT2D eigenvalue weighted by molar-refractivity contribution is 7.89. The molecule has 0 amide bonds.